The first kappa shape index (κ1) is 15.6. The first-order valence-corrected chi connectivity index (χ1v) is 8.49. The fraction of sp³-hybridized carbons (Fsp3) is 0.857. The first-order valence-electron chi connectivity index (χ1n) is 7.44. The van der Waals surface area contributed by atoms with Gasteiger partial charge in [-0.15, -0.1) is 11.8 Å². The summed E-state index contributed by atoms with van der Waals surface area (Å²) in [6.07, 6.45) is 3.72. The molecule has 0 aromatic rings. The van der Waals surface area contributed by atoms with Crippen molar-refractivity contribution < 1.29 is 14.7 Å². The second-order valence-corrected chi connectivity index (χ2v) is 7.02. The molecule has 2 saturated heterocycles. The van der Waals surface area contributed by atoms with Gasteiger partial charge in [-0.05, 0) is 31.7 Å². The van der Waals surface area contributed by atoms with E-state index in [1.165, 1.54) is 0 Å². The van der Waals surface area contributed by atoms with E-state index in [1.54, 1.807) is 16.7 Å². The highest BCUT2D eigenvalue weighted by Crippen LogP contribution is 2.33. The Morgan fingerprint density at radius 3 is 2.80 bits per heavy atom. The molecule has 6 heteroatoms. The Hall–Kier alpha value is -0.750. The van der Waals surface area contributed by atoms with Gasteiger partial charge in [-0.3, -0.25) is 4.79 Å². The van der Waals surface area contributed by atoms with Gasteiger partial charge in [0.25, 0.3) is 0 Å². The molecule has 0 aliphatic carbocycles. The number of rotatable bonds is 4. The summed E-state index contributed by atoms with van der Waals surface area (Å²) < 4.78 is 0. The third-order valence-corrected chi connectivity index (χ3v) is 5.49. The van der Waals surface area contributed by atoms with Gasteiger partial charge in [0.1, 0.15) is 6.04 Å². The smallest absolute Gasteiger partial charge is 0.327 e. The Bertz CT molecular complexity index is 377. The summed E-state index contributed by atoms with van der Waals surface area (Å²) in [5.74, 6) is 0.127. The van der Waals surface area contributed by atoms with E-state index in [0.29, 0.717) is 11.7 Å². The second-order valence-electron chi connectivity index (χ2n) is 5.81. The topological polar surface area (TPSA) is 69.6 Å². The Kier molecular flexibility index (Phi) is 5.32. The lowest BCUT2D eigenvalue weighted by Crippen LogP contribution is -2.55. The summed E-state index contributed by atoms with van der Waals surface area (Å²) in [7, 11) is 0. The molecule has 2 rings (SSSR count). The van der Waals surface area contributed by atoms with E-state index < -0.39 is 12.0 Å². The Morgan fingerprint density at radius 1 is 1.45 bits per heavy atom. The molecule has 2 heterocycles. The van der Waals surface area contributed by atoms with Crippen LogP contribution in [-0.4, -0.2) is 51.6 Å². The van der Waals surface area contributed by atoms with Crippen LogP contribution < -0.4 is 5.32 Å². The number of aliphatic carboxylic acids is 1. The highest BCUT2D eigenvalue weighted by Gasteiger charge is 2.43. The van der Waals surface area contributed by atoms with Gasteiger partial charge in [0.05, 0.1) is 11.4 Å². The molecule has 2 aliphatic heterocycles. The number of nitrogens with one attached hydrogen (secondary N) is 1. The van der Waals surface area contributed by atoms with E-state index in [4.69, 9.17) is 0 Å². The zero-order valence-electron chi connectivity index (χ0n) is 12.2. The molecular formula is C14H24N2O3S. The van der Waals surface area contributed by atoms with Crippen LogP contribution in [0.15, 0.2) is 0 Å². The normalized spacial score (nSPS) is 34.2. The average molecular weight is 300 g/mol. The maximum Gasteiger partial charge on any atom is 0.327 e. The van der Waals surface area contributed by atoms with Crippen molar-refractivity contribution in [1.82, 2.24) is 10.2 Å². The van der Waals surface area contributed by atoms with E-state index >= 15 is 0 Å². The van der Waals surface area contributed by atoms with Crippen molar-refractivity contribution in [2.45, 2.75) is 57.0 Å². The fourth-order valence-corrected chi connectivity index (χ4v) is 4.52. The maximum atomic E-state index is 12.7. The number of carbonyl (C=O) groups excluding carboxylic acids is 1. The molecular weight excluding hydrogens is 276 g/mol. The van der Waals surface area contributed by atoms with E-state index in [9.17, 15) is 14.7 Å². The molecule has 5 nitrogen and oxygen atoms in total. The minimum absolute atomic E-state index is 0.0209. The molecule has 0 aromatic carbocycles. The molecule has 0 bridgehead atoms. The van der Waals surface area contributed by atoms with E-state index in [2.05, 4.69) is 19.2 Å². The quantitative estimate of drug-likeness (QED) is 0.824. The molecule has 0 saturated carbocycles. The zero-order chi connectivity index (χ0) is 14.7. The Morgan fingerprint density at radius 2 is 2.20 bits per heavy atom. The van der Waals surface area contributed by atoms with Crippen molar-refractivity contribution in [3.05, 3.63) is 0 Å². The van der Waals surface area contributed by atoms with Crippen LogP contribution in [0.1, 0.15) is 39.5 Å². The number of carbonyl (C=O) groups is 2. The number of hydrogen-bond donors (Lipinski definition) is 2. The monoisotopic (exact) mass is 300 g/mol. The molecule has 2 N–H and O–H groups in total. The fourth-order valence-electron chi connectivity index (χ4n) is 2.99. The number of piperidine rings is 1. The molecule has 2 fully saturated rings. The lowest BCUT2D eigenvalue weighted by molar-refractivity contribution is -0.150. The molecule has 4 atom stereocenters. The molecule has 0 spiro atoms. The van der Waals surface area contributed by atoms with Gasteiger partial charge >= 0.3 is 5.97 Å². The third-order valence-electron chi connectivity index (χ3n) is 4.13. The standard InChI is InChI=1S/C14H24N2O3S/c1-3-4-12-16(11(8-20-12)14(18)19)13(17)10-7-9(2)5-6-15-10/h9-12,15H,3-8H2,1-2H3,(H,18,19). The lowest BCUT2D eigenvalue weighted by Gasteiger charge is -2.34. The van der Waals surface area contributed by atoms with Gasteiger partial charge in [-0.25, -0.2) is 4.79 Å². The van der Waals surface area contributed by atoms with Crippen molar-refractivity contribution >= 4 is 23.6 Å². The van der Waals surface area contributed by atoms with Crippen molar-refractivity contribution in [3.63, 3.8) is 0 Å². The summed E-state index contributed by atoms with van der Waals surface area (Å²) in [4.78, 5) is 25.7. The average Bonchev–Trinajstić information content (AvgIpc) is 2.82. The zero-order valence-corrected chi connectivity index (χ0v) is 13.0. The first-order chi connectivity index (χ1) is 9.54. The van der Waals surface area contributed by atoms with Crippen LogP contribution in [0.4, 0.5) is 0 Å². The van der Waals surface area contributed by atoms with Crippen molar-refractivity contribution in [2.75, 3.05) is 12.3 Å². The molecule has 1 amide bonds. The van der Waals surface area contributed by atoms with Crippen molar-refractivity contribution in [3.8, 4) is 0 Å². The molecule has 0 aromatic heterocycles. The van der Waals surface area contributed by atoms with Crippen LogP contribution >= 0.6 is 11.8 Å². The van der Waals surface area contributed by atoms with Crippen LogP contribution in [0.5, 0.6) is 0 Å². The van der Waals surface area contributed by atoms with Crippen molar-refractivity contribution in [2.24, 2.45) is 5.92 Å². The van der Waals surface area contributed by atoms with E-state index in [0.717, 1.165) is 32.2 Å². The number of carboxylic acid groups (broad SMARTS) is 1. The van der Waals surface area contributed by atoms with Crippen LogP contribution in [0.2, 0.25) is 0 Å². The summed E-state index contributed by atoms with van der Waals surface area (Å²) in [5, 5.41) is 12.6. The minimum Gasteiger partial charge on any atom is -0.480 e. The van der Waals surface area contributed by atoms with Gasteiger partial charge in [-0.1, -0.05) is 20.3 Å². The molecule has 20 heavy (non-hydrogen) atoms. The van der Waals surface area contributed by atoms with Gasteiger partial charge < -0.3 is 15.3 Å². The molecule has 0 radical (unpaired) electrons. The number of nitrogens with zero attached hydrogens (tertiary/aromatic N) is 1. The maximum absolute atomic E-state index is 12.7. The number of hydrogen-bond acceptors (Lipinski definition) is 4. The molecule has 4 unspecified atom stereocenters. The third kappa shape index (κ3) is 3.28. The minimum atomic E-state index is -0.881. The number of amides is 1. The summed E-state index contributed by atoms with van der Waals surface area (Å²) in [6.45, 7) is 5.06. The summed E-state index contributed by atoms with van der Waals surface area (Å²) in [6, 6.07) is -0.873. The predicted molar refractivity (Wildman–Crippen MR) is 79.6 cm³/mol. The highest BCUT2D eigenvalue weighted by molar-refractivity contribution is 8.00. The Labute approximate surface area is 124 Å². The van der Waals surface area contributed by atoms with Gasteiger partial charge in [0, 0.05) is 5.75 Å². The Balaban J connectivity index is 2.11. The highest BCUT2D eigenvalue weighted by atomic mass is 32.2. The number of carboxylic acids is 1. The largest absolute Gasteiger partial charge is 0.480 e. The summed E-state index contributed by atoms with van der Waals surface area (Å²) >= 11 is 1.60. The van der Waals surface area contributed by atoms with Crippen LogP contribution in [0.3, 0.4) is 0 Å². The van der Waals surface area contributed by atoms with E-state index in [-0.39, 0.29) is 17.3 Å². The predicted octanol–water partition coefficient (Wildman–Crippen LogP) is 1.53. The molecule has 2 aliphatic rings. The van der Waals surface area contributed by atoms with E-state index in [1.807, 2.05) is 0 Å². The summed E-state index contributed by atoms with van der Waals surface area (Å²) in [5.41, 5.74) is 0. The van der Waals surface area contributed by atoms with Crippen LogP contribution in [0, 0.1) is 5.92 Å². The lowest BCUT2D eigenvalue weighted by atomic mass is 9.93. The van der Waals surface area contributed by atoms with Gasteiger partial charge in [-0.2, -0.15) is 0 Å². The number of thioether (sulfide) groups is 1. The second kappa shape index (κ2) is 6.80. The van der Waals surface area contributed by atoms with Crippen molar-refractivity contribution in [1.29, 1.82) is 0 Å². The SMILES string of the molecule is CCCC1SCC(C(=O)O)N1C(=O)C1CC(C)CCN1. The van der Waals surface area contributed by atoms with Gasteiger partial charge in [0.2, 0.25) is 5.91 Å². The van der Waals surface area contributed by atoms with Crippen LogP contribution in [-0.2, 0) is 9.59 Å². The van der Waals surface area contributed by atoms with Gasteiger partial charge in [0.15, 0.2) is 0 Å². The molecule has 114 valence electrons. The van der Waals surface area contributed by atoms with Crippen LogP contribution in [0.25, 0.3) is 0 Å².